The Balaban J connectivity index is 1.78. The van der Waals surface area contributed by atoms with E-state index in [4.69, 9.17) is 4.98 Å². The first-order chi connectivity index (χ1) is 14.9. The van der Waals surface area contributed by atoms with Crippen LogP contribution in [0.2, 0.25) is 0 Å². The number of nitro groups is 1. The van der Waals surface area contributed by atoms with Gasteiger partial charge in [0.05, 0.1) is 39.1 Å². The zero-order chi connectivity index (χ0) is 22.1. The van der Waals surface area contributed by atoms with Crippen LogP contribution in [-0.2, 0) is 6.54 Å². The minimum atomic E-state index is -0.618. The van der Waals surface area contributed by atoms with E-state index in [9.17, 15) is 20.0 Å². The van der Waals surface area contributed by atoms with Gasteiger partial charge in [-0.15, -0.1) is 0 Å². The Bertz CT molecular complexity index is 1330. The van der Waals surface area contributed by atoms with Gasteiger partial charge in [-0.25, -0.2) is 4.98 Å². The number of phenolic OH excluding ortho intramolecular Hbond substituents is 1. The molecule has 4 rings (SSSR count). The maximum atomic E-state index is 13.1. The second-order valence-electron chi connectivity index (χ2n) is 6.97. The monoisotopic (exact) mass is 417 g/mol. The highest BCUT2D eigenvalue weighted by molar-refractivity contribution is 6.13. The van der Waals surface area contributed by atoms with Crippen LogP contribution in [0.1, 0.15) is 23.0 Å². The zero-order valence-electron chi connectivity index (χ0n) is 16.9. The van der Waals surface area contributed by atoms with Gasteiger partial charge >= 0.3 is 0 Å². The van der Waals surface area contributed by atoms with Gasteiger partial charge in [-0.3, -0.25) is 19.6 Å². The largest absolute Gasteiger partial charge is 0.506 e. The average Bonchev–Trinajstić information content (AvgIpc) is 3.15. The third-order valence-electron chi connectivity index (χ3n) is 4.95. The summed E-state index contributed by atoms with van der Waals surface area (Å²) in [6, 6.07) is 12.4. The third kappa shape index (κ3) is 3.80. The first-order valence-corrected chi connectivity index (χ1v) is 9.60. The molecule has 9 nitrogen and oxygen atoms in total. The molecule has 0 spiro atoms. The number of nitro benzene ring substituents is 1. The molecule has 31 heavy (non-hydrogen) atoms. The van der Waals surface area contributed by atoms with Crippen molar-refractivity contribution in [2.75, 3.05) is 5.32 Å². The minimum Gasteiger partial charge on any atom is -0.506 e. The van der Waals surface area contributed by atoms with E-state index < -0.39 is 10.8 Å². The van der Waals surface area contributed by atoms with Crippen molar-refractivity contribution < 1.29 is 14.8 Å². The van der Waals surface area contributed by atoms with Crippen LogP contribution in [0.3, 0.4) is 0 Å². The fourth-order valence-electron chi connectivity index (χ4n) is 3.36. The summed E-state index contributed by atoms with van der Waals surface area (Å²) in [4.78, 5) is 28.1. The predicted molar refractivity (Wildman–Crippen MR) is 116 cm³/mol. The highest BCUT2D eigenvalue weighted by Crippen LogP contribution is 2.30. The molecule has 2 heterocycles. The highest BCUT2D eigenvalue weighted by Gasteiger charge is 2.18. The van der Waals surface area contributed by atoms with Crippen molar-refractivity contribution in [1.29, 1.82) is 0 Å². The smallest absolute Gasteiger partial charge is 0.273 e. The Kier molecular flexibility index (Phi) is 5.08. The molecule has 0 atom stereocenters. The van der Waals surface area contributed by atoms with E-state index in [0.717, 1.165) is 17.3 Å². The van der Waals surface area contributed by atoms with Crippen LogP contribution in [0.25, 0.3) is 22.2 Å². The van der Waals surface area contributed by atoms with Gasteiger partial charge in [-0.1, -0.05) is 18.2 Å². The van der Waals surface area contributed by atoms with E-state index in [2.05, 4.69) is 10.4 Å². The van der Waals surface area contributed by atoms with Crippen LogP contribution < -0.4 is 5.32 Å². The predicted octanol–water partition coefficient (Wildman–Crippen LogP) is 4.29. The number of nitrogens with zero attached hydrogens (tertiary/aromatic N) is 4. The van der Waals surface area contributed by atoms with E-state index in [1.54, 1.807) is 16.8 Å². The molecular formula is C22H19N5O4. The van der Waals surface area contributed by atoms with Crippen molar-refractivity contribution in [2.45, 2.75) is 20.4 Å². The molecule has 156 valence electrons. The van der Waals surface area contributed by atoms with Crippen molar-refractivity contribution >= 4 is 28.2 Å². The molecule has 0 aliphatic rings. The van der Waals surface area contributed by atoms with Gasteiger partial charge in [-0.05, 0) is 32.0 Å². The third-order valence-corrected chi connectivity index (χ3v) is 4.95. The van der Waals surface area contributed by atoms with E-state index in [1.165, 1.54) is 12.1 Å². The van der Waals surface area contributed by atoms with E-state index in [-0.39, 0.29) is 17.1 Å². The van der Waals surface area contributed by atoms with E-state index in [0.29, 0.717) is 28.7 Å². The lowest BCUT2D eigenvalue weighted by atomic mass is 10.0. The number of phenols is 1. The van der Waals surface area contributed by atoms with Gasteiger partial charge in [0.1, 0.15) is 5.75 Å². The molecule has 4 aromatic rings. The molecule has 1 amide bonds. The molecule has 2 aromatic carbocycles. The highest BCUT2D eigenvalue weighted by atomic mass is 16.6. The quantitative estimate of drug-likeness (QED) is 0.284. The number of para-hydroxylation sites is 1. The number of non-ortho nitro benzene ring substituents is 1. The van der Waals surface area contributed by atoms with Crippen molar-refractivity contribution in [1.82, 2.24) is 14.8 Å². The number of benzene rings is 2. The summed E-state index contributed by atoms with van der Waals surface area (Å²) in [7, 11) is 0. The number of aromatic hydroxyl groups is 1. The number of anilines is 1. The summed E-state index contributed by atoms with van der Waals surface area (Å²) in [6.45, 7) is 4.58. The second-order valence-corrected chi connectivity index (χ2v) is 6.97. The maximum absolute atomic E-state index is 13.1. The van der Waals surface area contributed by atoms with Crippen LogP contribution in [0.15, 0.2) is 54.7 Å². The molecule has 0 fully saturated rings. The molecule has 0 bridgehead atoms. The van der Waals surface area contributed by atoms with Crippen molar-refractivity contribution in [3.63, 3.8) is 0 Å². The standard InChI is InChI=1S/C22H19N5O4/c1-3-26-12-17(13(2)25-26)20-11-16(15-6-4-5-7-18(15)23-20)22(29)24-19-9-8-14(27(30)31)10-21(19)28/h4-12,28H,3H2,1-2H3,(H,24,29). The number of hydrogen-bond donors (Lipinski definition) is 2. The van der Waals surface area contributed by atoms with Crippen molar-refractivity contribution in [2.24, 2.45) is 0 Å². The van der Waals surface area contributed by atoms with Gasteiger partial charge in [0.25, 0.3) is 11.6 Å². The molecule has 0 saturated carbocycles. The molecule has 0 saturated heterocycles. The molecular weight excluding hydrogens is 398 g/mol. The Morgan fingerprint density at radius 2 is 2.00 bits per heavy atom. The van der Waals surface area contributed by atoms with Crippen molar-refractivity contribution in [3.8, 4) is 17.0 Å². The van der Waals surface area contributed by atoms with E-state index in [1.807, 2.05) is 38.2 Å². The molecule has 2 N–H and O–H groups in total. The number of aromatic nitrogens is 3. The number of amides is 1. The zero-order valence-corrected chi connectivity index (χ0v) is 16.9. The summed E-state index contributed by atoms with van der Waals surface area (Å²) < 4.78 is 1.80. The normalized spacial score (nSPS) is 10.9. The molecule has 0 aliphatic carbocycles. The summed E-state index contributed by atoms with van der Waals surface area (Å²) in [5.41, 5.74) is 3.03. The van der Waals surface area contributed by atoms with Gasteiger partial charge in [0.2, 0.25) is 0 Å². The first kappa shape index (κ1) is 20.0. The van der Waals surface area contributed by atoms with Crippen LogP contribution in [-0.4, -0.2) is 30.7 Å². The number of pyridine rings is 1. The molecule has 0 unspecified atom stereocenters. The van der Waals surface area contributed by atoms with Gasteiger partial charge < -0.3 is 10.4 Å². The Morgan fingerprint density at radius 3 is 2.68 bits per heavy atom. The number of nitrogens with one attached hydrogen (secondary N) is 1. The van der Waals surface area contributed by atoms with Gasteiger partial charge in [-0.2, -0.15) is 5.10 Å². The lowest BCUT2D eigenvalue weighted by Gasteiger charge is -2.11. The Labute approximate surface area is 177 Å². The lowest BCUT2D eigenvalue weighted by Crippen LogP contribution is -2.13. The molecule has 9 heteroatoms. The number of rotatable bonds is 5. The first-order valence-electron chi connectivity index (χ1n) is 9.60. The van der Waals surface area contributed by atoms with Crippen LogP contribution in [0.4, 0.5) is 11.4 Å². The fraction of sp³-hybridized carbons (Fsp3) is 0.136. The van der Waals surface area contributed by atoms with Gasteiger partial charge in [0, 0.05) is 29.8 Å². The van der Waals surface area contributed by atoms with Crippen LogP contribution in [0.5, 0.6) is 5.75 Å². The molecule has 0 radical (unpaired) electrons. The maximum Gasteiger partial charge on any atom is 0.273 e. The van der Waals surface area contributed by atoms with Crippen LogP contribution >= 0.6 is 0 Å². The summed E-state index contributed by atoms with van der Waals surface area (Å²) in [5, 5.41) is 28.7. The summed E-state index contributed by atoms with van der Waals surface area (Å²) >= 11 is 0. The summed E-state index contributed by atoms with van der Waals surface area (Å²) in [6.07, 6.45) is 1.89. The molecule has 2 aromatic heterocycles. The van der Waals surface area contributed by atoms with Crippen LogP contribution in [0, 0.1) is 17.0 Å². The van der Waals surface area contributed by atoms with Crippen molar-refractivity contribution in [3.05, 3.63) is 76.1 Å². The minimum absolute atomic E-state index is 0.0769. The number of carbonyl (C=O) groups excluding carboxylic acids is 1. The average molecular weight is 417 g/mol. The Hall–Kier alpha value is -4.27. The number of fused-ring (bicyclic) bond motifs is 1. The van der Waals surface area contributed by atoms with Gasteiger partial charge in [0.15, 0.2) is 0 Å². The molecule has 0 aliphatic heterocycles. The fourth-order valence-corrected chi connectivity index (χ4v) is 3.36. The number of aryl methyl sites for hydroxylation is 2. The topological polar surface area (TPSA) is 123 Å². The Morgan fingerprint density at radius 1 is 1.23 bits per heavy atom. The summed E-state index contributed by atoms with van der Waals surface area (Å²) in [5.74, 6) is -0.856. The number of carbonyl (C=O) groups is 1. The second kappa shape index (κ2) is 7.86. The SMILES string of the molecule is CCn1cc(-c2cc(C(=O)Nc3ccc([N+](=O)[O-])cc3O)c3ccccc3n2)c(C)n1. The lowest BCUT2D eigenvalue weighted by molar-refractivity contribution is -0.384. The number of hydrogen-bond acceptors (Lipinski definition) is 6. The van der Waals surface area contributed by atoms with E-state index >= 15 is 0 Å².